The van der Waals surface area contributed by atoms with E-state index >= 15 is 0 Å². The summed E-state index contributed by atoms with van der Waals surface area (Å²) in [5, 5.41) is 3.40. The average molecular weight is 352 g/mol. The Kier molecular flexibility index (Phi) is 5.70. The van der Waals surface area contributed by atoms with Crippen LogP contribution in [0.2, 0.25) is 5.02 Å². The molecule has 3 rings (SSSR count). The topological polar surface area (TPSA) is 38.3 Å². The first kappa shape index (κ1) is 17.1. The maximum atomic E-state index is 12.2. The van der Waals surface area contributed by atoms with Gasteiger partial charge in [-0.2, -0.15) is 0 Å². The summed E-state index contributed by atoms with van der Waals surface area (Å²) in [5.41, 5.74) is 2.83. The Balaban J connectivity index is 1.51. The molecule has 4 heteroatoms. The lowest BCUT2D eigenvalue weighted by molar-refractivity contribution is 0.0947. The van der Waals surface area contributed by atoms with Crippen molar-refractivity contribution in [2.45, 2.75) is 0 Å². The molecule has 0 aromatic heterocycles. The molecule has 0 aliphatic heterocycles. The third kappa shape index (κ3) is 4.61. The third-order valence-corrected chi connectivity index (χ3v) is 4.05. The Labute approximate surface area is 152 Å². The number of benzene rings is 3. The number of hydrogen-bond donors (Lipinski definition) is 1. The predicted octanol–water partition coefficient (Wildman–Crippen LogP) is 4.82. The predicted molar refractivity (Wildman–Crippen MR) is 101 cm³/mol. The Bertz CT molecular complexity index is 832. The normalized spacial score (nSPS) is 10.3. The average Bonchev–Trinajstić information content (AvgIpc) is 2.67. The van der Waals surface area contributed by atoms with Crippen LogP contribution in [0.15, 0.2) is 78.9 Å². The molecule has 0 atom stereocenters. The monoisotopic (exact) mass is 351 g/mol. The fraction of sp³-hybridized carbons (Fsp3) is 0.0952. The smallest absolute Gasteiger partial charge is 0.251 e. The molecule has 0 spiro atoms. The highest BCUT2D eigenvalue weighted by Crippen LogP contribution is 2.22. The van der Waals surface area contributed by atoms with Gasteiger partial charge in [0.1, 0.15) is 12.4 Å². The molecule has 3 nitrogen and oxygen atoms in total. The molecular formula is C21H18ClNO2. The lowest BCUT2D eigenvalue weighted by Crippen LogP contribution is -2.28. The van der Waals surface area contributed by atoms with Crippen LogP contribution in [0.25, 0.3) is 11.1 Å². The van der Waals surface area contributed by atoms with E-state index in [1.807, 2.05) is 66.7 Å². The van der Waals surface area contributed by atoms with Crippen LogP contribution < -0.4 is 10.1 Å². The maximum Gasteiger partial charge on any atom is 0.251 e. The third-order valence-electron chi connectivity index (χ3n) is 3.74. The van der Waals surface area contributed by atoms with Crippen molar-refractivity contribution >= 4 is 17.5 Å². The number of nitrogens with one attached hydrogen (secondary N) is 1. The first-order valence-electron chi connectivity index (χ1n) is 8.05. The summed E-state index contributed by atoms with van der Waals surface area (Å²) in [4.78, 5) is 12.2. The molecule has 0 aliphatic rings. The summed E-state index contributed by atoms with van der Waals surface area (Å²) >= 11 is 6.01. The molecule has 0 unspecified atom stereocenters. The zero-order valence-electron chi connectivity index (χ0n) is 13.6. The Hall–Kier alpha value is -2.78. The summed E-state index contributed by atoms with van der Waals surface area (Å²) < 4.78 is 5.55. The summed E-state index contributed by atoms with van der Waals surface area (Å²) in [6.07, 6.45) is 0. The van der Waals surface area contributed by atoms with Gasteiger partial charge in [-0.1, -0.05) is 66.2 Å². The van der Waals surface area contributed by atoms with Crippen molar-refractivity contribution < 1.29 is 9.53 Å². The molecule has 126 valence electrons. The van der Waals surface area contributed by atoms with Gasteiger partial charge in [0.25, 0.3) is 5.91 Å². The van der Waals surface area contributed by atoms with E-state index < -0.39 is 0 Å². The number of rotatable bonds is 6. The number of hydrogen-bond acceptors (Lipinski definition) is 2. The summed E-state index contributed by atoms with van der Waals surface area (Å²) in [7, 11) is 0. The van der Waals surface area contributed by atoms with Gasteiger partial charge in [-0.05, 0) is 35.4 Å². The van der Waals surface area contributed by atoms with Gasteiger partial charge in [-0.25, -0.2) is 0 Å². The van der Waals surface area contributed by atoms with Crippen molar-refractivity contribution in [1.29, 1.82) is 0 Å². The van der Waals surface area contributed by atoms with Crippen LogP contribution in [0.3, 0.4) is 0 Å². The number of ether oxygens (including phenoxy) is 1. The van der Waals surface area contributed by atoms with Gasteiger partial charge in [0, 0.05) is 5.56 Å². The van der Waals surface area contributed by atoms with E-state index in [2.05, 4.69) is 5.32 Å². The molecule has 0 radical (unpaired) electrons. The van der Waals surface area contributed by atoms with Crippen molar-refractivity contribution in [1.82, 2.24) is 5.32 Å². The fourth-order valence-corrected chi connectivity index (χ4v) is 2.62. The molecule has 0 aliphatic carbocycles. The first-order valence-corrected chi connectivity index (χ1v) is 8.43. The van der Waals surface area contributed by atoms with Gasteiger partial charge in [0.15, 0.2) is 0 Å². The Morgan fingerprint density at radius 3 is 2.20 bits per heavy atom. The second kappa shape index (κ2) is 8.36. The van der Waals surface area contributed by atoms with Crippen molar-refractivity contribution in [2.24, 2.45) is 0 Å². The van der Waals surface area contributed by atoms with Crippen LogP contribution in [0.4, 0.5) is 0 Å². The van der Waals surface area contributed by atoms with Crippen LogP contribution in [-0.4, -0.2) is 19.1 Å². The van der Waals surface area contributed by atoms with E-state index in [0.717, 1.165) is 11.1 Å². The fourth-order valence-electron chi connectivity index (χ4n) is 2.43. The van der Waals surface area contributed by atoms with Crippen LogP contribution >= 0.6 is 11.6 Å². The second-order valence-electron chi connectivity index (χ2n) is 5.48. The number of carbonyl (C=O) groups excluding carboxylic acids is 1. The molecule has 1 N–H and O–H groups in total. The van der Waals surface area contributed by atoms with Crippen molar-refractivity contribution in [3.8, 4) is 16.9 Å². The molecule has 0 bridgehead atoms. The van der Waals surface area contributed by atoms with Gasteiger partial charge in [0.05, 0.1) is 11.6 Å². The molecule has 3 aromatic rings. The van der Waals surface area contributed by atoms with Gasteiger partial charge >= 0.3 is 0 Å². The zero-order valence-corrected chi connectivity index (χ0v) is 14.4. The molecule has 1 amide bonds. The second-order valence-corrected chi connectivity index (χ2v) is 5.89. The minimum Gasteiger partial charge on any atom is -0.490 e. The minimum atomic E-state index is -0.123. The Morgan fingerprint density at radius 1 is 0.840 bits per heavy atom. The zero-order chi connectivity index (χ0) is 17.5. The van der Waals surface area contributed by atoms with Crippen LogP contribution in [0, 0.1) is 0 Å². The van der Waals surface area contributed by atoms with Crippen LogP contribution in [0.1, 0.15) is 10.4 Å². The molecule has 0 fully saturated rings. The number of amides is 1. The quantitative estimate of drug-likeness (QED) is 0.647. The lowest BCUT2D eigenvalue weighted by atomic mass is 10.0. The van der Waals surface area contributed by atoms with Crippen LogP contribution in [0.5, 0.6) is 5.75 Å². The van der Waals surface area contributed by atoms with Gasteiger partial charge < -0.3 is 10.1 Å². The number of halogens is 1. The SMILES string of the molecule is O=C(NCCOc1ccccc1Cl)c1ccc(-c2ccccc2)cc1. The molecule has 0 heterocycles. The standard InChI is InChI=1S/C21H18ClNO2/c22-19-8-4-5-9-20(19)25-15-14-23-21(24)18-12-10-17(11-13-18)16-6-2-1-3-7-16/h1-13H,14-15H2,(H,23,24). The van der Waals surface area contributed by atoms with Crippen molar-refractivity contribution in [3.63, 3.8) is 0 Å². The summed E-state index contributed by atoms with van der Waals surface area (Å²) in [6.45, 7) is 0.766. The minimum absolute atomic E-state index is 0.123. The molecule has 0 saturated heterocycles. The largest absolute Gasteiger partial charge is 0.490 e. The maximum absolute atomic E-state index is 12.2. The highest BCUT2D eigenvalue weighted by Gasteiger charge is 2.06. The number of carbonyl (C=O) groups is 1. The van der Waals surface area contributed by atoms with Gasteiger partial charge in [-0.15, -0.1) is 0 Å². The first-order chi connectivity index (χ1) is 12.2. The van der Waals surface area contributed by atoms with E-state index in [4.69, 9.17) is 16.3 Å². The number of para-hydroxylation sites is 1. The van der Waals surface area contributed by atoms with E-state index in [1.165, 1.54) is 0 Å². The molecular weight excluding hydrogens is 334 g/mol. The van der Waals surface area contributed by atoms with Crippen LogP contribution in [-0.2, 0) is 0 Å². The highest BCUT2D eigenvalue weighted by molar-refractivity contribution is 6.32. The van der Waals surface area contributed by atoms with E-state index in [1.54, 1.807) is 12.1 Å². The van der Waals surface area contributed by atoms with E-state index in [9.17, 15) is 4.79 Å². The van der Waals surface area contributed by atoms with Crippen molar-refractivity contribution in [2.75, 3.05) is 13.2 Å². The van der Waals surface area contributed by atoms with E-state index in [0.29, 0.717) is 29.5 Å². The van der Waals surface area contributed by atoms with Crippen molar-refractivity contribution in [3.05, 3.63) is 89.4 Å². The van der Waals surface area contributed by atoms with Gasteiger partial charge in [-0.3, -0.25) is 4.79 Å². The highest BCUT2D eigenvalue weighted by atomic mass is 35.5. The molecule has 0 saturated carbocycles. The van der Waals surface area contributed by atoms with E-state index in [-0.39, 0.29) is 5.91 Å². The summed E-state index contributed by atoms with van der Waals surface area (Å²) in [5.74, 6) is 0.494. The Morgan fingerprint density at radius 2 is 1.48 bits per heavy atom. The lowest BCUT2D eigenvalue weighted by Gasteiger charge is -2.09. The molecule has 25 heavy (non-hydrogen) atoms. The van der Waals surface area contributed by atoms with Gasteiger partial charge in [0.2, 0.25) is 0 Å². The summed E-state index contributed by atoms with van der Waals surface area (Å²) in [6, 6.07) is 24.9. The molecule has 3 aromatic carbocycles.